The Morgan fingerprint density at radius 2 is 1.88 bits per heavy atom. The molecule has 1 aromatic heterocycles. The zero-order valence-electron chi connectivity index (χ0n) is 14.3. The lowest BCUT2D eigenvalue weighted by Crippen LogP contribution is -2.33. The number of aromatic nitrogens is 2. The predicted molar refractivity (Wildman–Crippen MR) is 94.3 cm³/mol. The van der Waals surface area contributed by atoms with Crippen LogP contribution in [0.4, 0.5) is 5.69 Å². The molecule has 1 saturated carbocycles. The Hall–Kier alpha value is -2.43. The van der Waals surface area contributed by atoms with E-state index in [1.54, 1.807) is 13.0 Å². The fourth-order valence-corrected chi connectivity index (χ4v) is 2.78. The van der Waals surface area contributed by atoms with Crippen molar-refractivity contribution in [3.63, 3.8) is 0 Å². The number of rotatable bonds is 5. The summed E-state index contributed by atoms with van der Waals surface area (Å²) in [5, 5.41) is 7.34. The van der Waals surface area contributed by atoms with Gasteiger partial charge in [-0.1, -0.05) is 32.0 Å². The fraction of sp³-hybridized carbons (Fsp3) is 0.421. The Bertz CT molecular complexity index is 806. The lowest BCUT2D eigenvalue weighted by molar-refractivity contribution is -0.119. The van der Waals surface area contributed by atoms with Crippen molar-refractivity contribution in [3.8, 4) is 0 Å². The first-order chi connectivity index (χ1) is 11.5. The van der Waals surface area contributed by atoms with Gasteiger partial charge >= 0.3 is 0 Å². The highest BCUT2D eigenvalue weighted by atomic mass is 16.2. The molecule has 3 rings (SSSR count). The molecule has 1 aliphatic rings. The standard InChI is InChI=1S/C19H23N3O2/c1-12(2)15-6-4-5-7-17(15)20-19(24)13(3)22-18(23)11-10-16(21-22)14-8-9-14/h4-7,10-14H,8-9H2,1-3H3,(H,20,24). The van der Waals surface area contributed by atoms with Gasteiger partial charge in [-0.2, -0.15) is 5.10 Å². The van der Waals surface area contributed by atoms with Gasteiger partial charge in [-0.3, -0.25) is 9.59 Å². The molecule has 1 heterocycles. The van der Waals surface area contributed by atoms with Gasteiger partial charge in [0.15, 0.2) is 0 Å². The molecule has 0 bridgehead atoms. The SMILES string of the molecule is CC(C)c1ccccc1NC(=O)C(C)n1nc(C2CC2)ccc1=O. The van der Waals surface area contributed by atoms with Crippen LogP contribution < -0.4 is 10.9 Å². The second kappa shape index (κ2) is 6.59. The fourth-order valence-electron chi connectivity index (χ4n) is 2.78. The van der Waals surface area contributed by atoms with Gasteiger partial charge in [-0.15, -0.1) is 0 Å². The number of benzene rings is 1. The molecule has 1 unspecified atom stereocenters. The van der Waals surface area contributed by atoms with Gasteiger partial charge in [0, 0.05) is 17.7 Å². The second-order valence-corrected chi connectivity index (χ2v) is 6.72. The van der Waals surface area contributed by atoms with Crippen LogP contribution in [0, 0.1) is 0 Å². The first-order valence-electron chi connectivity index (χ1n) is 8.47. The number of carbonyl (C=O) groups excluding carboxylic acids is 1. The molecule has 126 valence electrons. The Balaban J connectivity index is 1.83. The van der Waals surface area contributed by atoms with Gasteiger partial charge in [0.2, 0.25) is 5.91 Å². The van der Waals surface area contributed by atoms with Crippen LogP contribution in [0.25, 0.3) is 0 Å². The van der Waals surface area contributed by atoms with Crippen molar-refractivity contribution in [1.82, 2.24) is 9.78 Å². The van der Waals surface area contributed by atoms with Crippen molar-refractivity contribution in [2.24, 2.45) is 0 Å². The van der Waals surface area contributed by atoms with Gasteiger partial charge in [-0.05, 0) is 43.4 Å². The van der Waals surface area contributed by atoms with E-state index in [1.165, 1.54) is 10.7 Å². The maximum absolute atomic E-state index is 12.6. The summed E-state index contributed by atoms with van der Waals surface area (Å²) in [5.41, 5.74) is 2.51. The number of para-hydroxylation sites is 1. The third kappa shape index (κ3) is 3.40. The van der Waals surface area contributed by atoms with Gasteiger partial charge in [0.1, 0.15) is 6.04 Å². The molecule has 1 atom stereocenters. The molecule has 1 fully saturated rings. The van der Waals surface area contributed by atoms with E-state index in [0.717, 1.165) is 29.8 Å². The number of hydrogen-bond donors (Lipinski definition) is 1. The van der Waals surface area contributed by atoms with Gasteiger partial charge in [0.25, 0.3) is 5.56 Å². The zero-order chi connectivity index (χ0) is 17.3. The first-order valence-corrected chi connectivity index (χ1v) is 8.47. The van der Waals surface area contributed by atoms with Crippen LogP contribution in [0.15, 0.2) is 41.2 Å². The summed E-state index contributed by atoms with van der Waals surface area (Å²) in [6, 6.07) is 10.4. The molecular formula is C19H23N3O2. The molecule has 1 N–H and O–H groups in total. The van der Waals surface area contributed by atoms with E-state index in [9.17, 15) is 9.59 Å². The average Bonchev–Trinajstić information content (AvgIpc) is 3.40. The maximum atomic E-state index is 12.6. The first kappa shape index (κ1) is 16.4. The normalized spacial score (nSPS) is 15.3. The molecule has 1 aromatic carbocycles. The van der Waals surface area contributed by atoms with E-state index in [2.05, 4.69) is 24.3 Å². The third-order valence-electron chi connectivity index (χ3n) is 4.43. The highest BCUT2D eigenvalue weighted by Gasteiger charge is 2.27. The summed E-state index contributed by atoms with van der Waals surface area (Å²) < 4.78 is 1.29. The summed E-state index contributed by atoms with van der Waals surface area (Å²) in [4.78, 5) is 24.7. The van der Waals surface area contributed by atoms with Crippen molar-refractivity contribution in [1.29, 1.82) is 0 Å². The molecule has 0 saturated heterocycles. The van der Waals surface area contributed by atoms with E-state index in [0.29, 0.717) is 11.8 Å². The molecule has 1 aliphatic carbocycles. The highest BCUT2D eigenvalue weighted by molar-refractivity contribution is 5.94. The van der Waals surface area contributed by atoms with Crippen LogP contribution >= 0.6 is 0 Å². The van der Waals surface area contributed by atoms with Crippen molar-refractivity contribution in [2.75, 3.05) is 5.32 Å². The lowest BCUT2D eigenvalue weighted by Gasteiger charge is -2.18. The van der Waals surface area contributed by atoms with Crippen LogP contribution in [-0.2, 0) is 4.79 Å². The van der Waals surface area contributed by atoms with Crippen LogP contribution in [0.1, 0.15) is 62.7 Å². The minimum absolute atomic E-state index is 0.231. The number of hydrogen-bond acceptors (Lipinski definition) is 3. The largest absolute Gasteiger partial charge is 0.324 e. The van der Waals surface area contributed by atoms with Gasteiger partial charge in [-0.25, -0.2) is 4.68 Å². The molecule has 5 heteroatoms. The van der Waals surface area contributed by atoms with Crippen molar-refractivity contribution in [2.45, 2.75) is 51.5 Å². The van der Waals surface area contributed by atoms with Crippen molar-refractivity contribution < 1.29 is 4.79 Å². The molecule has 24 heavy (non-hydrogen) atoms. The van der Waals surface area contributed by atoms with E-state index < -0.39 is 6.04 Å². The number of amides is 1. The average molecular weight is 325 g/mol. The molecule has 1 amide bonds. The Labute approximate surface area is 141 Å². The summed E-state index contributed by atoms with van der Waals surface area (Å²) in [5.74, 6) is 0.510. The number of carbonyl (C=O) groups is 1. The Kier molecular flexibility index (Phi) is 4.51. The number of nitrogens with zero attached hydrogens (tertiary/aromatic N) is 2. The van der Waals surface area contributed by atoms with Crippen LogP contribution in [0.3, 0.4) is 0 Å². The molecule has 2 aromatic rings. The van der Waals surface area contributed by atoms with Crippen LogP contribution in [0.2, 0.25) is 0 Å². The minimum atomic E-state index is -0.656. The number of anilines is 1. The van der Waals surface area contributed by atoms with Crippen molar-refractivity contribution in [3.05, 3.63) is 58.0 Å². The van der Waals surface area contributed by atoms with Crippen LogP contribution in [-0.4, -0.2) is 15.7 Å². The third-order valence-corrected chi connectivity index (χ3v) is 4.43. The van der Waals surface area contributed by atoms with Gasteiger partial charge in [0.05, 0.1) is 5.69 Å². The molecule has 0 aliphatic heterocycles. The van der Waals surface area contributed by atoms with Crippen LogP contribution in [0.5, 0.6) is 0 Å². The zero-order valence-corrected chi connectivity index (χ0v) is 14.3. The maximum Gasteiger partial charge on any atom is 0.267 e. The summed E-state index contributed by atoms with van der Waals surface area (Å²) >= 11 is 0. The smallest absolute Gasteiger partial charge is 0.267 e. The molecule has 5 nitrogen and oxygen atoms in total. The van der Waals surface area contributed by atoms with E-state index in [-0.39, 0.29) is 11.5 Å². The van der Waals surface area contributed by atoms with E-state index in [1.807, 2.05) is 24.3 Å². The molecule has 0 spiro atoms. The van der Waals surface area contributed by atoms with Crippen molar-refractivity contribution >= 4 is 11.6 Å². The Morgan fingerprint density at radius 3 is 2.54 bits per heavy atom. The van der Waals surface area contributed by atoms with E-state index >= 15 is 0 Å². The summed E-state index contributed by atoms with van der Waals surface area (Å²) in [7, 11) is 0. The topological polar surface area (TPSA) is 64.0 Å². The van der Waals surface area contributed by atoms with E-state index in [4.69, 9.17) is 0 Å². The summed E-state index contributed by atoms with van der Waals surface area (Å²) in [6.45, 7) is 5.87. The predicted octanol–water partition coefficient (Wildman–Crippen LogP) is 3.44. The van der Waals surface area contributed by atoms with Gasteiger partial charge < -0.3 is 5.32 Å². The highest BCUT2D eigenvalue weighted by Crippen LogP contribution is 2.38. The quantitative estimate of drug-likeness (QED) is 0.916. The minimum Gasteiger partial charge on any atom is -0.324 e. The lowest BCUT2D eigenvalue weighted by atomic mass is 10.0. The number of nitrogens with one attached hydrogen (secondary N) is 1. The molecular weight excluding hydrogens is 302 g/mol. The Morgan fingerprint density at radius 1 is 1.17 bits per heavy atom. The molecule has 0 radical (unpaired) electrons. The monoisotopic (exact) mass is 325 g/mol. The second-order valence-electron chi connectivity index (χ2n) is 6.72. The summed E-state index contributed by atoms with van der Waals surface area (Å²) in [6.07, 6.45) is 2.21.